The zero-order chi connectivity index (χ0) is 36.1. The van der Waals surface area contributed by atoms with E-state index in [2.05, 4.69) is 152 Å². The number of rotatable bonds is 8. The van der Waals surface area contributed by atoms with Gasteiger partial charge in [0, 0.05) is 34.0 Å². The van der Waals surface area contributed by atoms with Crippen LogP contribution in [0.25, 0.3) is 89.9 Å². The molecule has 2 heterocycles. The quantitative estimate of drug-likeness (QED) is 0.159. The van der Waals surface area contributed by atoms with Crippen LogP contribution in [-0.2, 0) is 0 Å². The van der Waals surface area contributed by atoms with Crippen LogP contribution in [0.3, 0.4) is 0 Å². The molecule has 0 fully saturated rings. The van der Waals surface area contributed by atoms with Crippen molar-refractivity contribution < 1.29 is 0 Å². The highest BCUT2D eigenvalue weighted by molar-refractivity contribution is 5.84. The van der Waals surface area contributed by atoms with Gasteiger partial charge in [-0.15, -0.1) is 0 Å². The van der Waals surface area contributed by atoms with Gasteiger partial charge in [0.25, 0.3) is 0 Å². The summed E-state index contributed by atoms with van der Waals surface area (Å²) in [6.45, 7) is 0. The van der Waals surface area contributed by atoms with E-state index in [0.717, 1.165) is 66.9 Å². The lowest BCUT2D eigenvalue weighted by atomic mass is 9.95. The summed E-state index contributed by atoms with van der Waals surface area (Å²) < 4.78 is 0. The topological polar surface area (TPSA) is 51.6 Å². The molecule has 0 aliphatic carbocycles. The van der Waals surface area contributed by atoms with Crippen molar-refractivity contribution in [1.29, 1.82) is 0 Å². The molecule has 0 atom stereocenters. The molecule has 9 rings (SSSR count). The van der Waals surface area contributed by atoms with Gasteiger partial charge in [0.15, 0.2) is 17.5 Å². The molecule has 7 aromatic carbocycles. The monoisotopic (exact) mass is 690 g/mol. The molecule has 9 aromatic rings. The number of nitrogens with zero attached hydrogens (tertiary/aromatic N) is 4. The predicted molar refractivity (Wildman–Crippen MR) is 221 cm³/mol. The molecule has 0 radical (unpaired) electrons. The second-order valence-electron chi connectivity index (χ2n) is 13.1. The summed E-state index contributed by atoms with van der Waals surface area (Å²) in [5.41, 5.74) is 13.6. The number of pyridine rings is 1. The van der Waals surface area contributed by atoms with Crippen LogP contribution in [-0.4, -0.2) is 19.9 Å². The van der Waals surface area contributed by atoms with Crippen LogP contribution < -0.4 is 0 Å². The summed E-state index contributed by atoms with van der Waals surface area (Å²) in [6, 6.07) is 69.0. The largest absolute Gasteiger partial charge is 0.256 e. The molecule has 4 heteroatoms. The summed E-state index contributed by atoms with van der Waals surface area (Å²) in [5, 5.41) is 0. The van der Waals surface area contributed by atoms with Gasteiger partial charge in [0.05, 0.1) is 5.69 Å². The third-order valence-corrected chi connectivity index (χ3v) is 9.60. The highest BCUT2D eigenvalue weighted by Crippen LogP contribution is 2.35. The van der Waals surface area contributed by atoms with E-state index in [1.165, 1.54) is 5.56 Å². The van der Waals surface area contributed by atoms with E-state index >= 15 is 0 Å². The summed E-state index contributed by atoms with van der Waals surface area (Å²) in [6.07, 6.45) is 1.97. The molecule has 0 N–H and O–H groups in total. The van der Waals surface area contributed by atoms with E-state index in [0.29, 0.717) is 17.5 Å². The van der Waals surface area contributed by atoms with Gasteiger partial charge in [0.1, 0.15) is 0 Å². The van der Waals surface area contributed by atoms with Crippen LogP contribution in [0.5, 0.6) is 0 Å². The minimum atomic E-state index is 0.603. The normalized spacial score (nSPS) is 11.0. The maximum Gasteiger partial charge on any atom is 0.164 e. The lowest BCUT2D eigenvalue weighted by Gasteiger charge is -2.13. The van der Waals surface area contributed by atoms with Crippen LogP contribution in [0.15, 0.2) is 206 Å². The van der Waals surface area contributed by atoms with Crippen LogP contribution in [0, 0.1) is 0 Å². The zero-order valence-electron chi connectivity index (χ0n) is 29.4. The van der Waals surface area contributed by atoms with Gasteiger partial charge < -0.3 is 0 Å². The van der Waals surface area contributed by atoms with Crippen molar-refractivity contribution in [2.24, 2.45) is 0 Å². The van der Waals surface area contributed by atoms with E-state index in [4.69, 9.17) is 19.9 Å². The van der Waals surface area contributed by atoms with Gasteiger partial charge in [-0.25, -0.2) is 15.0 Å². The Labute approximate surface area is 315 Å². The van der Waals surface area contributed by atoms with Crippen LogP contribution in [0.4, 0.5) is 0 Å². The SMILES string of the molecule is c1ccc(-c2ccc(-c3nc(-c4ccccc4)nc(-c4cc(-c5ccccc5)cc(-c5ccc(-c6ccccc6-c6ccccc6)nc5)c4)n3)cc2)cc1. The molecule has 54 heavy (non-hydrogen) atoms. The Balaban J connectivity index is 1.15. The van der Waals surface area contributed by atoms with Gasteiger partial charge in [-0.05, 0) is 63.2 Å². The number of hydrogen-bond donors (Lipinski definition) is 0. The Morgan fingerprint density at radius 1 is 0.241 bits per heavy atom. The summed E-state index contributed by atoms with van der Waals surface area (Å²) in [7, 11) is 0. The summed E-state index contributed by atoms with van der Waals surface area (Å²) in [4.78, 5) is 20.2. The number of hydrogen-bond acceptors (Lipinski definition) is 4. The third kappa shape index (κ3) is 6.84. The first kappa shape index (κ1) is 32.6. The average Bonchev–Trinajstić information content (AvgIpc) is 3.27. The van der Waals surface area contributed by atoms with Crippen molar-refractivity contribution in [3.8, 4) is 89.9 Å². The van der Waals surface area contributed by atoms with E-state index < -0.39 is 0 Å². The minimum Gasteiger partial charge on any atom is -0.256 e. The molecular weight excluding hydrogens is 657 g/mol. The first-order valence-electron chi connectivity index (χ1n) is 18.0. The van der Waals surface area contributed by atoms with Gasteiger partial charge in [-0.1, -0.05) is 176 Å². The molecule has 0 aliphatic heterocycles. The van der Waals surface area contributed by atoms with Crippen LogP contribution in [0.1, 0.15) is 0 Å². The Bertz CT molecular complexity index is 2660. The van der Waals surface area contributed by atoms with Crippen molar-refractivity contribution >= 4 is 0 Å². The van der Waals surface area contributed by atoms with Crippen molar-refractivity contribution in [1.82, 2.24) is 19.9 Å². The van der Waals surface area contributed by atoms with E-state index in [1.54, 1.807) is 0 Å². The number of benzene rings is 7. The van der Waals surface area contributed by atoms with E-state index in [9.17, 15) is 0 Å². The number of aromatic nitrogens is 4. The fourth-order valence-electron chi connectivity index (χ4n) is 6.81. The Morgan fingerprint density at radius 3 is 1.17 bits per heavy atom. The standard InChI is InChI=1S/C50H34N4/c1-5-15-35(16-6-1)37-25-27-40(28-26-37)49-52-48(39-21-11-4-12-22-39)53-50(54-49)44-32-42(36-17-7-2-8-18-36)31-43(33-44)41-29-30-47(51-34-41)46-24-14-13-23-45(46)38-19-9-3-10-20-38/h1-34H. The lowest BCUT2D eigenvalue weighted by Crippen LogP contribution is -2.00. The third-order valence-electron chi connectivity index (χ3n) is 9.60. The second kappa shape index (κ2) is 14.7. The van der Waals surface area contributed by atoms with Gasteiger partial charge >= 0.3 is 0 Å². The van der Waals surface area contributed by atoms with Crippen molar-refractivity contribution in [3.63, 3.8) is 0 Å². The van der Waals surface area contributed by atoms with E-state index in [-0.39, 0.29) is 0 Å². The fraction of sp³-hybridized carbons (Fsp3) is 0. The maximum atomic E-state index is 5.13. The molecule has 0 saturated carbocycles. The minimum absolute atomic E-state index is 0.603. The van der Waals surface area contributed by atoms with Crippen molar-refractivity contribution in [3.05, 3.63) is 206 Å². The zero-order valence-corrected chi connectivity index (χ0v) is 29.4. The van der Waals surface area contributed by atoms with Gasteiger partial charge in [0.2, 0.25) is 0 Å². The molecule has 0 amide bonds. The molecule has 0 spiro atoms. The predicted octanol–water partition coefficient (Wildman–Crippen LogP) is 12.6. The molecule has 2 aromatic heterocycles. The highest BCUT2D eigenvalue weighted by Gasteiger charge is 2.16. The molecule has 0 saturated heterocycles. The Hall–Kier alpha value is -7.30. The molecule has 254 valence electrons. The van der Waals surface area contributed by atoms with E-state index in [1.807, 2.05) is 54.7 Å². The Kier molecular flexibility index (Phi) is 8.90. The van der Waals surface area contributed by atoms with Gasteiger partial charge in [-0.3, -0.25) is 4.98 Å². The Morgan fingerprint density at radius 2 is 0.611 bits per heavy atom. The maximum absolute atomic E-state index is 5.13. The summed E-state index contributed by atoms with van der Waals surface area (Å²) >= 11 is 0. The molecule has 0 unspecified atom stereocenters. The van der Waals surface area contributed by atoms with Crippen LogP contribution in [0.2, 0.25) is 0 Å². The first-order valence-corrected chi connectivity index (χ1v) is 18.0. The molecule has 0 bridgehead atoms. The molecule has 4 nitrogen and oxygen atoms in total. The molecular formula is C50H34N4. The molecule has 0 aliphatic rings. The highest BCUT2D eigenvalue weighted by atomic mass is 15.0. The fourth-order valence-corrected chi connectivity index (χ4v) is 6.81. The smallest absolute Gasteiger partial charge is 0.164 e. The first-order chi connectivity index (χ1) is 26.7. The van der Waals surface area contributed by atoms with Gasteiger partial charge in [-0.2, -0.15) is 0 Å². The van der Waals surface area contributed by atoms with Crippen molar-refractivity contribution in [2.45, 2.75) is 0 Å². The lowest BCUT2D eigenvalue weighted by molar-refractivity contribution is 1.07. The second-order valence-corrected chi connectivity index (χ2v) is 13.1. The summed E-state index contributed by atoms with van der Waals surface area (Å²) in [5.74, 6) is 1.84. The van der Waals surface area contributed by atoms with Crippen molar-refractivity contribution in [2.75, 3.05) is 0 Å². The average molecular weight is 691 g/mol. The van der Waals surface area contributed by atoms with Crippen LogP contribution >= 0.6 is 0 Å².